The summed E-state index contributed by atoms with van der Waals surface area (Å²) in [4.78, 5) is 38.0. The number of carbonyl (C=O) groups is 3. The minimum Gasteiger partial charge on any atom is -0.462 e. The lowest BCUT2D eigenvalue weighted by Gasteiger charge is -2.18. The zero-order chi connectivity index (χ0) is 45.1. The third kappa shape index (κ3) is 48.4. The lowest BCUT2D eigenvalue weighted by molar-refractivity contribution is -0.167. The molecule has 6 nitrogen and oxygen atoms in total. The van der Waals surface area contributed by atoms with E-state index in [1.807, 2.05) is 0 Å². The highest BCUT2D eigenvalue weighted by Crippen LogP contribution is 2.15. The number of allylic oxidation sites excluding steroid dienone is 8. The Balaban J connectivity index is 4.39. The molecule has 0 fully saturated rings. The van der Waals surface area contributed by atoms with Gasteiger partial charge in [0.05, 0.1) is 0 Å². The fourth-order valence-corrected chi connectivity index (χ4v) is 7.54. The van der Waals surface area contributed by atoms with Gasteiger partial charge in [-0.2, -0.15) is 0 Å². The minimum atomic E-state index is -0.781. The Labute approximate surface area is 384 Å². The van der Waals surface area contributed by atoms with Crippen LogP contribution >= 0.6 is 0 Å². The average molecular weight is 869 g/mol. The summed E-state index contributed by atoms with van der Waals surface area (Å²) in [5.41, 5.74) is 0. The summed E-state index contributed by atoms with van der Waals surface area (Å²) in [6.45, 7) is 6.59. The Morgan fingerprint density at radius 1 is 0.323 bits per heavy atom. The van der Waals surface area contributed by atoms with Gasteiger partial charge in [0.25, 0.3) is 0 Å². The Morgan fingerprint density at radius 2 is 0.581 bits per heavy atom. The van der Waals surface area contributed by atoms with Gasteiger partial charge in [0.2, 0.25) is 0 Å². The number of esters is 3. The minimum absolute atomic E-state index is 0.0797. The van der Waals surface area contributed by atoms with Crippen LogP contribution in [0, 0.1) is 0 Å². The summed E-state index contributed by atoms with van der Waals surface area (Å²) < 4.78 is 16.8. The molecule has 6 heteroatoms. The van der Waals surface area contributed by atoms with Crippen molar-refractivity contribution >= 4 is 17.9 Å². The largest absolute Gasteiger partial charge is 0.462 e. The van der Waals surface area contributed by atoms with Crippen molar-refractivity contribution in [3.05, 3.63) is 48.6 Å². The molecule has 0 saturated carbocycles. The fraction of sp³-hybridized carbons (Fsp3) is 0.804. The number of carbonyl (C=O) groups excluding carboxylic acids is 3. The van der Waals surface area contributed by atoms with Crippen molar-refractivity contribution in [3.8, 4) is 0 Å². The second-order valence-corrected chi connectivity index (χ2v) is 17.8. The van der Waals surface area contributed by atoms with E-state index < -0.39 is 6.10 Å². The van der Waals surface area contributed by atoms with Crippen molar-refractivity contribution in [2.24, 2.45) is 0 Å². The highest BCUT2D eigenvalue weighted by atomic mass is 16.6. The number of hydrogen-bond acceptors (Lipinski definition) is 6. The summed E-state index contributed by atoms with van der Waals surface area (Å²) in [6, 6.07) is 0. The first-order valence-electron chi connectivity index (χ1n) is 26.6. The van der Waals surface area contributed by atoms with Gasteiger partial charge in [-0.1, -0.05) is 236 Å². The van der Waals surface area contributed by atoms with Crippen molar-refractivity contribution in [3.63, 3.8) is 0 Å². The molecule has 0 aromatic rings. The molecular weight excluding hydrogens is 769 g/mol. The molecule has 0 N–H and O–H groups in total. The maximum Gasteiger partial charge on any atom is 0.306 e. The van der Waals surface area contributed by atoms with Gasteiger partial charge in [-0.3, -0.25) is 14.4 Å². The summed E-state index contributed by atoms with van der Waals surface area (Å²) in [6.07, 6.45) is 60.9. The monoisotopic (exact) mass is 869 g/mol. The zero-order valence-corrected chi connectivity index (χ0v) is 41.1. The van der Waals surface area contributed by atoms with Gasteiger partial charge >= 0.3 is 17.9 Å². The van der Waals surface area contributed by atoms with Gasteiger partial charge in [-0.25, -0.2) is 0 Å². The summed E-state index contributed by atoms with van der Waals surface area (Å²) in [5, 5.41) is 0. The van der Waals surface area contributed by atoms with Crippen LogP contribution in [-0.2, 0) is 28.6 Å². The lowest BCUT2D eigenvalue weighted by atomic mass is 10.0. The fourth-order valence-electron chi connectivity index (χ4n) is 7.54. The van der Waals surface area contributed by atoms with Crippen LogP contribution in [0.25, 0.3) is 0 Å². The normalized spacial score (nSPS) is 12.4. The molecule has 62 heavy (non-hydrogen) atoms. The quantitative estimate of drug-likeness (QED) is 0.0262. The third-order valence-corrected chi connectivity index (χ3v) is 11.6. The molecular formula is C56H100O6. The summed E-state index contributed by atoms with van der Waals surface area (Å²) in [5.74, 6) is -0.902. The van der Waals surface area contributed by atoms with Crippen LogP contribution in [0.5, 0.6) is 0 Å². The van der Waals surface area contributed by atoms with E-state index in [1.165, 1.54) is 148 Å². The van der Waals surface area contributed by atoms with Crippen molar-refractivity contribution in [1.82, 2.24) is 0 Å². The van der Waals surface area contributed by atoms with Crippen LogP contribution in [0.3, 0.4) is 0 Å². The molecule has 1 atom stereocenters. The van der Waals surface area contributed by atoms with Crippen LogP contribution in [-0.4, -0.2) is 37.2 Å². The second-order valence-electron chi connectivity index (χ2n) is 17.8. The maximum absolute atomic E-state index is 12.8. The SMILES string of the molecule is CCCCC/C=C\C/C=C\C/C=C\C/C=C\CCCCCC(=O)OC[C@@H](COC(=O)CCCCCCCCCCCCC)OC(=O)CCCCCCCCCCCCCCCC. The van der Waals surface area contributed by atoms with E-state index in [9.17, 15) is 14.4 Å². The zero-order valence-electron chi connectivity index (χ0n) is 41.1. The van der Waals surface area contributed by atoms with E-state index in [-0.39, 0.29) is 31.1 Å². The predicted octanol–water partition coefficient (Wildman–Crippen LogP) is 17.5. The van der Waals surface area contributed by atoms with Crippen molar-refractivity contribution < 1.29 is 28.6 Å². The Morgan fingerprint density at radius 3 is 0.935 bits per heavy atom. The predicted molar refractivity (Wildman–Crippen MR) is 265 cm³/mol. The van der Waals surface area contributed by atoms with E-state index in [2.05, 4.69) is 69.4 Å². The molecule has 0 bridgehead atoms. The van der Waals surface area contributed by atoms with Gasteiger partial charge in [0, 0.05) is 19.3 Å². The van der Waals surface area contributed by atoms with Crippen LogP contribution in [0.1, 0.15) is 271 Å². The van der Waals surface area contributed by atoms with Crippen LogP contribution in [0.4, 0.5) is 0 Å². The van der Waals surface area contributed by atoms with Gasteiger partial charge < -0.3 is 14.2 Å². The molecule has 0 unspecified atom stereocenters. The van der Waals surface area contributed by atoms with Crippen LogP contribution in [0.15, 0.2) is 48.6 Å². The second kappa shape index (κ2) is 51.0. The topological polar surface area (TPSA) is 78.9 Å². The van der Waals surface area contributed by atoms with E-state index in [0.717, 1.165) is 83.5 Å². The molecule has 0 spiro atoms. The van der Waals surface area contributed by atoms with Gasteiger partial charge in [0.1, 0.15) is 13.2 Å². The number of hydrogen-bond donors (Lipinski definition) is 0. The molecule has 360 valence electrons. The van der Waals surface area contributed by atoms with Gasteiger partial charge in [0.15, 0.2) is 6.10 Å². The smallest absolute Gasteiger partial charge is 0.306 e. The Kier molecular flexibility index (Phi) is 48.8. The Hall–Kier alpha value is -2.63. The van der Waals surface area contributed by atoms with E-state index in [4.69, 9.17) is 14.2 Å². The van der Waals surface area contributed by atoms with Crippen molar-refractivity contribution in [2.45, 2.75) is 277 Å². The van der Waals surface area contributed by atoms with Crippen molar-refractivity contribution in [1.29, 1.82) is 0 Å². The maximum atomic E-state index is 12.8. The van der Waals surface area contributed by atoms with Crippen LogP contribution in [0.2, 0.25) is 0 Å². The average Bonchev–Trinajstić information content (AvgIpc) is 3.27. The van der Waals surface area contributed by atoms with E-state index in [0.29, 0.717) is 19.3 Å². The first kappa shape index (κ1) is 59.4. The molecule has 0 aliphatic rings. The summed E-state index contributed by atoms with van der Waals surface area (Å²) in [7, 11) is 0. The third-order valence-electron chi connectivity index (χ3n) is 11.6. The molecule has 0 saturated heterocycles. The van der Waals surface area contributed by atoms with E-state index in [1.54, 1.807) is 0 Å². The molecule has 0 heterocycles. The molecule has 0 aromatic heterocycles. The molecule has 0 amide bonds. The highest BCUT2D eigenvalue weighted by Gasteiger charge is 2.19. The van der Waals surface area contributed by atoms with Crippen LogP contribution < -0.4 is 0 Å². The molecule has 0 radical (unpaired) electrons. The number of unbranched alkanes of at least 4 members (excludes halogenated alkanes) is 29. The molecule has 0 aromatic carbocycles. The Bertz CT molecular complexity index is 1090. The number of ether oxygens (including phenoxy) is 3. The standard InChI is InChI=1S/C56H100O6/c1-4-7-10-13-16-19-22-24-26-27-28-29-30-32-34-37-40-43-46-49-55(58)61-52-53(51-60-54(57)48-45-42-39-36-33-21-18-15-12-9-6-3)62-56(59)50-47-44-41-38-35-31-25-23-20-17-14-11-8-5-2/h16,19,24,26,28-29,32,34,53H,4-15,17-18,20-23,25,27,30-31,33,35-52H2,1-3H3/b19-16-,26-24-,29-28-,34-32-/t53-/m1/s1. The molecule has 0 rings (SSSR count). The highest BCUT2D eigenvalue weighted by molar-refractivity contribution is 5.71. The summed E-state index contributed by atoms with van der Waals surface area (Å²) >= 11 is 0. The van der Waals surface area contributed by atoms with Crippen molar-refractivity contribution in [2.75, 3.05) is 13.2 Å². The van der Waals surface area contributed by atoms with Gasteiger partial charge in [-0.05, 0) is 64.2 Å². The first-order valence-corrected chi connectivity index (χ1v) is 26.6. The molecule has 0 aliphatic carbocycles. The number of rotatable bonds is 48. The molecule has 0 aliphatic heterocycles. The lowest BCUT2D eigenvalue weighted by Crippen LogP contribution is -2.30. The van der Waals surface area contributed by atoms with Gasteiger partial charge in [-0.15, -0.1) is 0 Å². The van der Waals surface area contributed by atoms with E-state index >= 15 is 0 Å². The first-order chi connectivity index (χ1) is 30.5.